The molecule has 2 aromatic heterocycles. The number of rotatable bonds is 3. The molecule has 6 heteroatoms. The van der Waals surface area contributed by atoms with Crippen molar-refractivity contribution in [2.75, 3.05) is 31.1 Å². The summed E-state index contributed by atoms with van der Waals surface area (Å²) in [6.07, 6.45) is 8.35. The molecule has 0 radical (unpaired) electrons. The first-order valence-corrected chi connectivity index (χ1v) is 11.7. The van der Waals surface area contributed by atoms with E-state index in [4.69, 9.17) is 9.97 Å². The Hall–Kier alpha value is -1.69. The van der Waals surface area contributed by atoms with E-state index >= 15 is 0 Å². The van der Waals surface area contributed by atoms with Gasteiger partial charge in [-0.25, -0.2) is 9.97 Å². The Balaban J connectivity index is 1.37. The van der Waals surface area contributed by atoms with Gasteiger partial charge in [-0.05, 0) is 45.1 Å². The van der Waals surface area contributed by atoms with Crippen LogP contribution < -0.4 is 4.90 Å². The fourth-order valence-electron chi connectivity index (χ4n) is 4.74. The van der Waals surface area contributed by atoms with Gasteiger partial charge in [0.2, 0.25) is 5.91 Å². The Morgan fingerprint density at radius 2 is 1.68 bits per heavy atom. The number of hydrogen-bond acceptors (Lipinski definition) is 5. The summed E-state index contributed by atoms with van der Waals surface area (Å²) in [5.74, 6) is 3.37. The number of carbonyl (C=O) groups excluding carboxylic acids is 1. The molecule has 3 fully saturated rings. The average molecular weight is 399 g/mol. The van der Waals surface area contributed by atoms with Crippen LogP contribution in [0.2, 0.25) is 0 Å². The van der Waals surface area contributed by atoms with Crippen LogP contribution in [0.3, 0.4) is 0 Å². The molecule has 28 heavy (non-hydrogen) atoms. The molecule has 0 N–H and O–H groups in total. The molecular weight excluding hydrogens is 368 g/mol. The van der Waals surface area contributed by atoms with Gasteiger partial charge < -0.3 is 9.80 Å². The van der Waals surface area contributed by atoms with Crippen molar-refractivity contribution in [3.05, 3.63) is 16.3 Å². The lowest BCUT2D eigenvalue weighted by Gasteiger charge is -2.38. The molecule has 0 atom stereocenters. The molecule has 5 nitrogen and oxygen atoms in total. The molecule has 0 aromatic carbocycles. The maximum absolute atomic E-state index is 12.9. The van der Waals surface area contributed by atoms with Crippen molar-refractivity contribution in [3.63, 3.8) is 0 Å². The lowest BCUT2D eigenvalue weighted by atomic mass is 9.88. The topological polar surface area (TPSA) is 49.3 Å². The van der Waals surface area contributed by atoms with Crippen molar-refractivity contribution in [1.82, 2.24) is 14.9 Å². The van der Waals surface area contributed by atoms with E-state index in [1.165, 1.54) is 47.9 Å². The van der Waals surface area contributed by atoms with Crippen LogP contribution in [0.5, 0.6) is 0 Å². The third-order valence-electron chi connectivity index (χ3n) is 6.81. The predicted molar refractivity (Wildman–Crippen MR) is 114 cm³/mol. The number of carbonyl (C=O) groups is 1. The maximum Gasteiger partial charge on any atom is 0.225 e. The molecule has 2 saturated carbocycles. The van der Waals surface area contributed by atoms with Crippen LogP contribution >= 0.6 is 11.3 Å². The van der Waals surface area contributed by atoms with Crippen LogP contribution in [-0.4, -0.2) is 47.0 Å². The van der Waals surface area contributed by atoms with Crippen LogP contribution in [0.4, 0.5) is 5.82 Å². The van der Waals surface area contributed by atoms with E-state index in [2.05, 4.69) is 23.6 Å². The van der Waals surface area contributed by atoms with E-state index in [1.54, 1.807) is 11.3 Å². The molecule has 0 unspecified atom stereocenters. The Bertz CT molecular complexity index is 890. The van der Waals surface area contributed by atoms with Crippen LogP contribution in [0.25, 0.3) is 10.2 Å². The molecule has 3 aliphatic rings. The number of thiophene rings is 1. The molecule has 0 bridgehead atoms. The number of aryl methyl sites for hydroxylation is 2. The Labute approximate surface area is 171 Å². The van der Waals surface area contributed by atoms with Crippen molar-refractivity contribution in [3.8, 4) is 0 Å². The van der Waals surface area contributed by atoms with Gasteiger partial charge in [0.1, 0.15) is 16.5 Å². The minimum absolute atomic E-state index is 0.272. The Morgan fingerprint density at radius 1 is 0.964 bits per heavy atom. The first-order valence-electron chi connectivity index (χ1n) is 10.9. The molecule has 1 aliphatic heterocycles. The molecule has 3 heterocycles. The third kappa shape index (κ3) is 3.30. The maximum atomic E-state index is 12.9. The highest BCUT2D eigenvalue weighted by Gasteiger charge is 2.32. The number of amides is 1. The van der Waals surface area contributed by atoms with Crippen molar-refractivity contribution >= 4 is 33.3 Å². The van der Waals surface area contributed by atoms with Gasteiger partial charge >= 0.3 is 0 Å². The van der Waals surface area contributed by atoms with Crippen molar-refractivity contribution < 1.29 is 4.79 Å². The van der Waals surface area contributed by atoms with E-state index < -0.39 is 0 Å². The zero-order valence-corrected chi connectivity index (χ0v) is 17.9. The molecule has 1 saturated heterocycles. The summed E-state index contributed by atoms with van der Waals surface area (Å²) in [6.45, 7) is 7.78. The van der Waals surface area contributed by atoms with Crippen molar-refractivity contribution in [2.24, 2.45) is 5.92 Å². The summed E-state index contributed by atoms with van der Waals surface area (Å²) in [5, 5.41) is 1.24. The highest BCUT2D eigenvalue weighted by Crippen LogP contribution is 2.42. The average Bonchev–Trinajstić information content (AvgIpc) is 3.54. The number of aromatic nitrogens is 2. The normalized spacial score (nSPS) is 21.5. The van der Waals surface area contributed by atoms with Gasteiger partial charge in [0, 0.05) is 42.9 Å². The lowest BCUT2D eigenvalue weighted by molar-refractivity contribution is -0.136. The number of fused-ring (bicyclic) bond motifs is 1. The van der Waals surface area contributed by atoms with Gasteiger partial charge in [0.05, 0.1) is 5.39 Å². The monoisotopic (exact) mass is 398 g/mol. The van der Waals surface area contributed by atoms with Crippen LogP contribution in [0.15, 0.2) is 0 Å². The quantitative estimate of drug-likeness (QED) is 0.768. The summed E-state index contributed by atoms with van der Waals surface area (Å²) < 4.78 is 0. The Morgan fingerprint density at radius 3 is 2.36 bits per heavy atom. The SMILES string of the molecule is Cc1sc2nc(C3CC3)nc(N3CCN(C(=O)C4CCCCC4)CC3)c2c1C. The molecule has 1 amide bonds. The van der Waals surface area contributed by atoms with Gasteiger partial charge in [-0.1, -0.05) is 19.3 Å². The molecule has 150 valence electrons. The van der Waals surface area contributed by atoms with Gasteiger partial charge in [-0.15, -0.1) is 11.3 Å². The van der Waals surface area contributed by atoms with Gasteiger partial charge in [0.15, 0.2) is 0 Å². The second-order valence-corrected chi connectivity index (χ2v) is 9.99. The van der Waals surface area contributed by atoms with Crippen LogP contribution in [-0.2, 0) is 4.79 Å². The predicted octanol–water partition coefficient (Wildman–Crippen LogP) is 4.41. The number of anilines is 1. The zero-order chi connectivity index (χ0) is 19.3. The summed E-state index contributed by atoms with van der Waals surface area (Å²) in [4.78, 5) is 29.8. The number of nitrogens with zero attached hydrogens (tertiary/aromatic N) is 4. The summed E-state index contributed by atoms with van der Waals surface area (Å²) >= 11 is 1.80. The highest BCUT2D eigenvalue weighted by molar-refractivity contribution is 7.18. The van der Waals surface area contributed by atoms with Gasteiger partial charge in [-0.2, -0.15) is 0 Å². The summed E-state index contributed by atoms with van der Waals surface area (Å²) in [5.41, 5.74) is 1.32. The smallest absolute Gasteiger partial charge is 0.225 e. The second-order valence-electron chi connectivity index (χ2n) is 8.79. The van der Waals surface area contributed by atoms with E-state index in [0.29, 0.717) is 11.8 Å². The van der Waals surface area contributed by atoms with E-state index in [1.807, 2.05) is 0 Å². The minimum Gasteiger partial charge on any atom is -0.352 e. The molecule has 2 aromatic rings. The summed E-state index contributed by atoms with van der Waals surface area (Å²) in [7, 11) is 0. The Kier molecular flexibility index (Phi) is 4.77. The van der Waals surface area contributed by atoms with Crippen molar-refractivity contribution in [2.45, 2.75) is 64.7 Å². The number of hydrogen-bond donors (Lipinski definition) is 0. The molecule has 0 spiro atoms. The van der Waals surface area contributed by atoms with E-state index in [0.717, 1.165) is 55.5 Å². The standard InChI is InChI=1S/C22H30N4OS/c1-14-15(2)28-21-18(14)20(23-19(24-21)16-8-9-16)25-10-12-26(13-11-25)22(27)17-6-4-3-5-7-17/h16-17H,3-13H2,1-2H3. The van der Waals surface area contributed by atoms with Crippen LogP contribution in [0, 0.1) is 19.8 Å². The molecule has 5 rings (SSSR count). The molecular formula is C22H30N4OS. The van der Waals surface area contributed by atoms with Gasteiger partial charge in [0.25, 0.3) is 0 Å². The lowest BCUT2D eigenvalue weighted by Crippen LogP contribution is -2.51. The van der Waals surface area contributed by atoms with Crippen LogP contribution in [0.1, 0.15) is 67.1 Å². The largest absolute Gasteiger partial charge is 0.352 e. The first kappa shape index (κ1) is 18.3. The third-order valence-corrected chi connectivity index (χ3v) is 7.92. The second kappa shape index (κ2) is 7.29. The fourth-order valence-corrected chi connectivity index (χ4v) is 5.77. The molecule has 2 aliphatic carbocycles. The fraction of sp³-hybridized carbons (Fsp3) is 0.682. The summed E-state index contributed by atoms with van der Waals surface area (Å²) in [6, 6.07) is 0. The minimum atomic E-state index is 0.272. The number of piperazine rings is 1. The first-order chi connectivity index (χ1) is 13.6. The highest BCUT2D eigenvalue weighted by atomic mass is 32.1. The zero-order valence-electron chi connectivity index (χ0n) is 17.0. The van der Waals surface area contributed by atoms with E-state index in [9.17, 15) is 4.79 Å². The van der Waals surface area contributed by atoms with Crippen molar-refractivity contribution in [1.29, 1.82) is 0 Å². The van der Waals surface area contributed by atoms with E-state index in [-0.39, 0.29) is 5.92 Å². The van der Waals surface area contributed by atoms with Gasteiger partial charge in [-0.3, -0.25) is 4.79 Å².